The van der Waals surface area contributed by atoms with E-state index in [-0.39, 0.29) is 5.60 Å². The predicted molar refractivity (Wildman–Crippen MR) is 71.5 cm³/mol. The van der Waals surface area contributed by atoms with E-state index in [1.54, 1.807) is 0 Å². The molecule has 1 amide bonds. The lowest BCUT2D eigenvalue weighted by atomic mass is 9.93. The van der Waals surface area contributed by atoms with Gasteiger partial charge >= 0.3 is 0 Å². The summed E-state index contributed by atoms with van der Waals surface area (Å²) in [5.41, 5.74) is -0.0148. The predicted octanol–water partition coefficient (Wildman–Crippen LogP) is 1.54. The Morgan fingerprint density at radius 2 is 2.33 bits per heavy atom. The quantitative estimate of drug-likeness (QED) is 0.827. The topological polar surface area (TPSA) is 41.6 Å². The fraction of sp³-hybridized carbons (Fsp3) is 0.929. The van der Waals surface area contributed by atoms with E-state index in [0.29, 0.717) is 18.0 Å². The van der Waals surface area contributed by atoms with Crippen LogP contribution >= 0.6 is 0 Å². The fourth-order valence-electron chi connectivity index (χ4n) is 3.06. The smallest absolute Gasteiger partial charge is 0.222 e. The van der Waals surface area contributed by atoms with E-state index in [1.807, 2.05) is 4.90 Å². The first kappa shape index (κ1) is 13.8. The second-order valence-electron chi connectivity index (χ2n) is 6.31. The lowest BCUT2D eigenvalue weighted by molar-refractivity contribution is -0.128. The van der Waals surface area contributed by atoms with Gasteiger partial charge in [0.15, 0.2) is 0 Å². The summed E-state index contributed by atoms with van der Waals surface area (Å²) < 4.78 is 5.72. The van der Waals surface area contributed by atoms with Gasteiger partial charge < -0.3 is 15.0 Å². The molecular weight excluding hydrogens is 228 g/mol. The average molecular weight is 254 g/mol. The summed E-state index contributed by atoms with van der Waals surface area (Å²) in [6.07, 6.45) is 3.87. The van der Waals surface area contributed by atoms with Gasteiger partial charge in [-0.3, -0.25) is 4.79 Å². The molecule has 0 aromatic carbocycles. The summed E-state index contributed by atoms with van der Waals surface area (Å²) in [5.74, 6) is 0.316. The third-order valence-electron chi connectivity index (χ3n) is 3.88. The molecule has 2 saturated heterocycles. The van der Waals surface area contributed by atoms with Gasteiger partial charge in [0.1, 0.15) is 0 Å². The summed E-state index contributed by atoms with van der Waals surface area (Å²) in [6.45, 7) is 9.08. The minimum atomic E-state index is -0.0148. The molecule has 2 fully saturated rings. The molecule has 4 nitrogen and oxygen atoms in total. The number of carbonyl (C=O) groups excluding carboxylic acids is 1. The van der Waals surface area contributed by atoms with Crippen LogP contribution in [0.3, 0.4) is 0 Å². The van der Waals surface area contributed by atoms with Crippen LogP contribution in [-0.4, -0.2) is 48.2 Å². The summed E-state index contributed by atoms with van der Waals surface area (Å²) >= 11 is 0. The maximum Gasteiger partial charge on any atom is 0.222 e. The maximum atomic E-state index is 11.6. The zero-order valence-corrected chi connectivity index (χ0v) is 11.9. The first-order valence-electron chi connectivity index (χ1n) is 7.14. The van der Waals surface area contributed by atoms with E-state index in [1.165, 1.54) is 0 Å². The number of carbonyl (C=O) groups is 1. The van der Waals surface area contributed by atoms with Crippen molar-refractivity contribution in [2.24, 2.45) is 0 Å². The van der Waals surface area contributed by atoms with Gasteiger partial charge in [0, 0.05) is 38.2 Å². The van der Waals surface area contributed by atoms with Crippen molar-refractivity contribution < 1.29 is 9.53 Å². The molecule has 2 heterocycles. The molecule has 1 N–H and O–H groups in total. The summed E-state index contributed by atoms with van der Waals surface area (Å²) in [4.78, 5) is 13.6. The molecule has 0 spiro atoms. The standard InChI is InChI=1S/C14H26N2O2/c1-11(10-16-7-4-5-13(16)17)15-12-6-8-18-14(2,3)9-12/h11-12,15H,4-10H2,1-3H3. The Hall–Kier alpha value is -0.610. The van der Waals surface area contributed by atoms with Crippen LogP contribution in [0.15, 0.2) is 0 Å². The SMILES string of the molecule is CC(CN1CCCC1=O)NC1CCOC(C)(C)C1. The van der Waals surface area contributed by atoms with E-state index >= 15 is 0 Å². The Balaban J connectivity index is 1.76. The second-order valence-corrected chi connectivity index (χ2v) is 6.31. The number of hydrogen-bond donors (Lipinski definition) is 1. The van der Waals surface area contributed by atoms with Crippen molar-refractivity contribution in [1.82, 2.24) is 10.2 Å². The van der Waals surface area contributed by atoms with Crippen molar-refractivity contribution in [2.75, 3.05) is 19.7 Å². The van der Waals surface area contributed by atoms with Gasteiger partial charge in [-0.1, -0.05) is 0 Å². The second kappa shape index (κ2) is 5.57. The highest BCUT2D eigenvalue weighted by Crippen LogP contribution is 2.24. The Morgan fingerprint density at radius 3 is 2.94 bits per heavy atom. The number of nitrogens with zero attached hydrogens (tertiary/aromatic N) is 1. The third-order valence-corrected chi connectivity index (χ3v) is 3.88. The number of nitrogens with one attached hydrogen (secondary N) is 1. The van der Waals surface area contributed by atoms with Crippen molar-refractivity contribution in [3.63, 3.8) is 0 Å². The first-order chi connectivity index (χ1) is 8.46. The van der Waals surface area contributed by atoms with Gasteiger partial charge in [-0.25, -0.2) is 0 Å². The summed E-state index contributed by atoms with van der Waals surface area (Å²) in [5, 5.41) is 3.65. The van der Waals surface area contributed by atoms with Crippen LogP contribution in [0.2, 0.25) is 0 Å². The van der Waals surface area contributed by atoms with E-state index in [9.17, 15) is 4.79 Å². The number of amides is 1. The number of likely N-dealkylation sites (tertiary alicyclic amines) is 1. The zero-order valence-electron chi connectivity index (χ0n) is 11.9. The molecule has 2 atom stereocenters. The number of rotatable bonds is 4. The molecule has 2 aliphatic heterocycles. The molecule has 0 bridgehead atoms. The van der Waals surface area contributed by atoms with Gasteiger partial charge in [-0.2, -0.15) is 0 Å². The van der Waals surface area contributed by atoms with Gasteiger partial charge in [0.2, 0.25) is 5.91 Å². The highest BCUT2D eigenvalue weighted by Gasteiger charge is 2.30. The lowest BCUT2D eigenvalue weighted by Gasteiger charge is -2.37. The van der Waals surface area contributed by atoms with E-state index in [4.69, 9.17) is 4.74 Å². The monoisotopic (exact) mass is 254 g/mol. The van der Waals surface area contributed by atoms with Crippen LogP contribution in [-0.2, 0) is 9.53 Å². The molecule has 0 saturated carbocycles. The van der Waals surface area contributed by atoms with Crippen molar-refractivity contribution in [3.05, 3.63) is 0 Å². The highest BCUT2D eigenvalue weighted by atomic mass is 16.5. The lowest BCUT2D eigenvalue weighted by Crippen LogP contribution is -2.49. The van der Waals surface area contributed by atoms with Crippen LogP contribution in [0.1, 0.15) is 46.5 Å². The third kappa shape index (κ3) is 3.69. The van der Waals surface area contributed by atoms with Gasteiger partial charge in [-0.05, 0) is 40.0 Å². The number of ether oxygens (including phenoxy) is 1. The van der Waals surface area contributed by atoms with E-state index in [0.717, 1.165) is 45.4 Å². The molecule has 2 rings (SSSR count). The molecule has 0 radical (unpaired) electrons. The van der Waals surface area contributed by atoms with Crippen molar-refractivity contribution >= 4 is 5.91 Å². The molecular formula is C14H26N2O2. The van der Waals surface area contributed by atoms with Gasteiger partial charge in [0.05, 0.1) is 5.60 Å². The Labute approximate surface area is 110 Å². The van der Waals surface area contributed by atoms with Crippen LogP contribution in [0.5, 0.6) is 0 Å². The molecule has 4 heteroatoms. The Bertz CT molecular complexity index is 304. The summed E-state index contributed by atoms with van der Waals surface area (Å²) in [7, 11) is 0. The first-order valence-corrected chi connectivity index (χ1v) is 7.14. The largest absolute Gasteiger partial charge is 0.375 e. The highest BCUT2D eigenvalue weighted by molar-refractivity contribution is 5.78. The Kier molecular flexibility index (Phi) is 4.28. The van der Waals surface area contributed by atoms with Crippen LogP contribution in [0, 0.1) is 0 Å². The van der Waals surface area contributed by atoms with Gasteiger partial charge in [-0.15, -0.1) is 0 Å². The van der Waals surface area contributed by atoms with Crippen LogP contribution in [0.25, 0.3) is 0 Å². The number of hydrogen-bond acceptors (Lipinski definition) is 3. The molecule has 18 heavy (non-hydrogen) atoms. The maximum absolute atomic E-state index is 11.6. The van der Waals surface area contributed by atoms with E-state index < -0.39 is 0 Å². The summed E-state index contributed by atoms with van der Waals surface area (Å²) in [6, 6.07) is 0.882. The molecule has 104 valence electrons. The minimum Gasteiger partial charge on any atom is -0.375 e. The van der Waals surface area contributed by atoms with Crippen molar-refractivity contribution in [3.8, 4) is 0 Å². The Morgan fingerprint density at radius 1 is 1.56 bits per heavy atom. The molecule has 2 unspecified atom stereocenters. The molecule has 0 aromatic heterocycles. The van der Waals surface area contributed by atoms with Crippen molar-refractivity contribution in [2.45, 2.75) is 64.1 Å². The van der Waals surface area contributed by atoms with Crippen molar-refractivity contribution in [1.29, 1.82) is 0 Å². The average Bonchev–Trinajstić information content (AvgIpc) is 2.62. The molecule has 0 aromatic rings. The van der Waals surface area contributed by atoms with Gasteiger partial charge in [0.25, 0.3) is 0 Å². The molecule has 0 aliphatic carbocycles. The van der Waals surface area contributed by atoms with Crippen LogP contribution in [0.4, 0.5) is 0 Å². The van der Waals surface area contributed by atoms with Crippen LogP contribution < -0.4 is 5.32 Å². The minimum absolute atomic E-state index is 0.0148. The normalized spacial score (nSPS) is 29.6. The van der Waals surface area contributed by atoms with E-state index in [2.05, 4.69) is 26.1 Å². The zero-order chi connectivity index (χ0) is 13.2. The molecule has 2 aliphatic rings. The fourth-order valence-corrected chi connectivity index (χ4v) is 3.06.